The van der Waals surface area contributed by atoms with E-state index in [1.54, 1.807) is 12.1 Å². The molecule has 16 heavy (non-hydrogen) atoms. The number of aliphatic hydroxyl groups excluding tert-OH is 1. The molecular weight excluding hydrogens is 232 g/mol. The van der Waals surface area contributed by atoms with Gasteiger partial charge in [-0.1, -0.05) is 11.6 Å². The van der Waals surface area contributed by atoms with Crippen LogP contribution >= 0.6 is 11.6 Å². The number of ether oxygens (including phenoxy) is 1. The fourth-order valence-corrected chi connectivity index (χ4v) is 1.90. The summed E-state index contributed by atoms with van der Waals surface area (Å²) in [6.45, 7) is 0.257. The first-order chi connectivity index (χ1) is 7.61. The van der Waals surface area contributed by atoms with E-state index in [1.807, 2.05) is 0 Å². The lowest BCUT2D eigenvalue weighted by Gasteiger charge is -2.16. The molecule has 6 heteroatoms. The molecule has 1 aromatic heterocycles. The predicted molar refractivity (Wildman–Crippen MR) is 58.8 cm³/mol. The van der Waals surface area contributed by atoms with Gasteiger partial charge in [-0.15, -0.1) is 0 Å². The lowest BCUT2D eigenvalue weighted by molar-refractivity contribution is -0.117. The summed E-state index contributed by atoms with van der Waals surface area (Å²) in [5, 5.41) is 9.57. The highest BCUT2D eigenvalue weighted by Crippen LogP contribution is 2.29. The van der Waals surface area contributed by atoms with E-state index in [-0.39, 0.29) is 24.0 Å². The molecule has 1 unspecified atom stereocenters. The van der Waals surface area contributed by atoms with Crippen molar-refractivity contribution in [1.29, 1.82) is 0 Å². The number of pyridine rings is 1. The van der Waals surface area contributed by atoms with E-state index in [9.17, 15) is 9.90 Å². The van der Waals surface area contributed by atoms with Gasteiger partial charge in [0.2, 0.25) is 11.8 Å². The molecule has 1 fully saturated rings. The van der Waals surface area contributed by atoms with E-state index in [0.29, 0.717) is 11.6 Å². The Morgan fingerprint density at radius 1 is 1.62 bits per heavy atom. The van der Waals surface area contributed by atoms with Crippen LogP contribution in [0.5, 0.6) is 5.88 Å². The molecule has 0 spiro atoms. The van der Waals surface area contributed by atoms with Crippen molar-refractivity contribution in [2.45, 2.75) is 12.5 Å². The van der Waals surface area contributed by atoms with Gasteiger partial charge in [0, 0.05) is 6.07 Å². The van der Waals surface area contributed by atoms with Gasteiger partial charge in [-0.25, -0.2) is 0 Å². The molecule has 0 aliphatic carbocycles. The Balaban J connectivity index is 2.30. The zero-order chi connectivity index (χ0) is 11.7. The minimum atomic E-state index is -0.634. The van der Waals surface area contributed by atoms with Crippen molar-refractivity contribution in [3.05, 3.63) is 17.3 Å². The highest BCUT2D eigenvalue weighted by molar-refractivity contribution is 6.32. The average molecular weight is 243 g/mol. The molecule has 86 valence electrons. The van der Waals surface area contributed by atoms with Gasteiger partial charge in [-0.3, -0.25) is 4.79 Å². The lowest BCUT2D eigenvalue weighted by atomic mass is 10.3. The van der Waals surface area contributed by atoms with Gasteiger partial charge < -0.3 is 14.7 Å². The number of halogens is 1. The number of hydrogen-bond acceptors (Lipinski definition) is 4. The van der Waals surface area contributed by atoms with Gasteiger partial charge in [0.15, 0.2) is 5.15 Å². The maximum atomic E-state index is 11.5. The molecule has 1 amide bonds. The van der Waals surface area contributed by atoms with Crippen LogP contribution in [-0.2, 0) is 4.79 Å². The summed E-state index contributed by atoms with van der Waals surface area (Å²) in [4.78, 5) is 16.9. The van der Waals surface area contributed by atoms with Crippen LogP contribution in [-0.4, -0.2) is 35.8 Å². The minimum Gasteiger partial charge on any atom is -0.481 e. The topological polar surface area (TPSA) is 62.7 Å². The average Bonchev–Trinajstić information content (AvgIpc) is 2.57. The van der Waals surface area contributed by atoms with Crippen LogP contribution in [0.3, 0.4) is 0 Å². The van der Waals surface area contributed by atoms with Crippen molar-refractivity contribution in [3.63, 3.8) is 0 Å². The zero-order valence-corrected chi connectivity index (χ0v) is 9.44. The summed E-state index contributed by atoms with van der Waals surface area (Å²) in [5.41, 5.74) is 0.504. The number of aromatic nitrogens is 1. The number of nitrogens with zero attached hydrogens (tertiary/aromatic N) is 2. The van der Waals surface area contributed by atoms with Gasteiger partial charge in [0.1, 0.15) is 0 Å². The summed E-state index contributed by atoms with van der Waals surface area (Å²) >= 11 is 5.93. The smallest absolute Gasteiger partial charge is 0.229 e. The molecule has 1 N–H and O–H groups in total. The molecule has 2 rings (SSSR count). The number of carbonyl (C=O) groups excluding carboxylic acids is 1. The molecule has 1 saturated heterocycles. The summed E-state index contributed by atoms with van der Waals surface area (Å²) in [7, 11) is 1.49. The number of anilines is 1. The van der Waals surface area contributed by atoms with Gasteiger partial charge in [-0.05, 0) is 6.07 Å². The maximum absolute atomic E-state index is 11.5. The van der Waals surface area contributed by atoms with Crippen molar-refractivity contribution in [3.8, 4) is 5.88 Å². The summed E-state index contributed by atoms with van der Waals surface area (Å²) in [6, 6.07) is 3.28. The first kappa shape index (κ1) is 11.2. The highest BCUT2D eigenvalue weighted by atomic mass is 35.5. The first-order valence-corrected chi connectivity index (χ1v) is 5.18. The second kappa shape index (κ2) is 4.27. The number of aliphatic hydroxyl groups is 1. The Morgan fingerprint density at radius 3 is 2.88 bits per heavy atom. The molecule has 0 aromatic carbocycles. The standard InChI is InChI=1S/C10H11ClN2O3/c1-16-8-3-2-7(10(11)12-8)13-5-6(14)4-9(13)15/h2-3,6,14H,4-5H2,1H3. The van der Waals surface area contributed by atoms with Crippen molar-refractivity contribution < 1.29 is 14.6 Å². The third kappa shape index (κ3) is 1.96. The van der Waals surface area contributed by atoms with Crippen LogP contribution in [0.25, 0.3) is 0 Å². The molecular formula is C10H11ClN2O3. The fourth-order valence-electron chi connectivity index (χ4n) is 1.65. The third-order valence-corrected chi connectivity index (χ3v) is 2.69. The summed E-state index contributed by atoms with van der Waals surface area (Å²) in [6.07, 6.45) is -0.506. The quantitative estimate of drug-likeness (QED) is 0.781. The Bertz CT molecular complexity index is 425. The molecule has 1 aromatic rings. The molecule has 0 saturated carbocycles. The number of rotatable bonds is 2. The zero-order valence-electron chi connectivity index (χ0n) is 8.68. The monoisotopic (exact) mass is 242 g/mol. The second-order valence-electron chi connectivity index (χ2n) is 3.53. The fraction of sp³-hybridized carbons (Fsp3) is 0.400. The van der Waals surface area contributed by atoms with Crippen LogP contribution in [0, 0.1) is 0 Å². The van der Waals surface area contributed by atoms with E-state index in [1.165, 1.54) is 12.0 Å². The van der Waals surface area contributed by atoms with Gasteiger partial charge in [0.05, 0.1) is 31.9 Å². The van der Waals surface area contributed by atoms with Gasteiger partial charge >= 0.3 is 0 Å². The number of amides is 1. The van der Waals surface area contributed by atoms with Crippen molar-refractivity contribution in [2.24, 2.45) is 0 Å². The van der Waals surface area contributed by atoms with Crippen LogP contribution in [0.4, 0.5) is 5.69 Å². The molecule has 0 radical (unpaired) electrons. The minimum absolute atomic E-state index is 0.127. The Labute approximate surface area is 97.6 Å². The predicted octanol–water partition coefficient (Wildman–Crippen LogP) is 0.841. The number of carbonyl (C=O) groups is 1. The third-order valence-electron chi connectivity index (χ3n) is 2.41. The van der Waals surface area contributed by atoms with E-state index >= 15 is 0 Å². The maximum Gasteiger partial charge on any atom is 0.229 e. The van der Waals surface area contributed by atoms with Crippen LogP contribution in [0.1, 0.15) is 6.42 Å². The Kier molecular flexibility index (Phi) is 2.98. The second-order valence-corrected chi connectivity index (χ2v) is 3.88. The molecule has 1 atom stereocenters. The van der Waals surface area contributed by atoms with Crippen molar-refractivity contribution >= 4 is 23.2 Å². The van der Waals surface area contributed by atoms with E-state index in [0.717, 1.165) is 0 Å². The molecule has 1 aliphatic rings. The van der Waals surface area contributed by atoms with Crippen LogP contribution in [0.15, 0.2) is 12.1 Å². The number of hydrogen-bond donors (Lipinski definition) is 1. The molecule has 0 bridgehead atoms. The van der Waals surface area contributed by atoms with E-state index < -0.39 is 6.10 Å². The van der Waals surface area contributed by atoms with Crippen molar-refractivity contribution in [1.82, 2.24) is 4.98 Å². The summed E-state index contributed by atoms with van der Waals surface area (Å²) < 4.78 is 4.91. The Hall–Kier alpha value is -1.33. The molecule has 2 heterocycles. The number of β-amino-alcohol motifs (C(OH)–C–C–N with tert-alkyl or cyclic N) is 1. The number of methoxy groups -OCH3 is 1. The van der Waals surface area contributed by atoms with Gasteiger partial charge in [0.25, 0.3) is 0 Å². The normalized spacial score (nSPS) is 20.3. The highest BCUT2D eigenvalue weighted by Gasteiger charge is 2.30. The molecule has 1 aliphatic heterocycles. The van der Waals surface area contributed by atoms with Crippen LogP contribution in [0.2, 0.25) is 5.15 Å². The largest absolute Gasteiger partial charge is 0.481 e. The molecule has 5 nitrogen and oxygen atoms in total. The SMILES string of the molecule is COc1ccc(N2CC(O)CC2=O)c(Cl)n1. The lowest BCUT2D eigenvalue weighted by Crippen LogP contribution is -2.25. The summed E-state index contributed by atoms with van der Waals surface area (Å²) in [5.74, 6) is 0.238. The first-order valence-electron chi connectivity index (χ1n) is 4.81. The Morgan fingerprint density at radius 2 is 2.38 bits per heavy atom. The van der Waals surface area contributed by atoms with E-state index in [2.05, 4.69) is 4.98 Å². The van der Waals surface area contributed by atoms with E-state index in [4.69, 9.17) is 16.3 Å². The van der Waals surface area contributed by atoms with Crippen molar-refractivity contribution in [2.75, 3.05) is 18.6 Å². The van der Waals surface area contributed by atoms with Gasteiger partial charge in [-0.2, -0.15) is 4.98 Å². The van der Waals surface area contributed by atoms with Crippen LogP contribution < -0.4 is 9.64 Å².